The van der Waals surface area contributed by atoms with Gasteiger partial charge in [-0.3, -0.25) is 4.79 Å². The van der Waals surface area contributed by atoms with Gasteiger partial charge in [0.2, 0.25) is 5.78 Å². The molecule has 0 aliphatic rings. The maximum Gasteiger partial charge on any atom is 0.375 e. The van der Waals surface area contributed by atoms with E-state index in [-0.39, 0.29) is 31.2 Å². The molecule has 116 valence electrons. The fraction of sp³-hybridized carbons (Fsp3) is 0.333. The second kappa shape index (κ2) is 6.84. The molecule has 7 nitrogen and oxygen atoms in total. The van der Waals surface area contributed by atoms with E-state index in [1.807, 2.05) is 0 Å². The van der Waals surface area contributed by atoms with Crippen molar-refractivity contribution in [3.05, 3.63) is 35.9 Å². The quantitative estimate of drug-likeness (QED) is 0.588. The largest absolute Gasteiger partial charge is 0.461 e. The van der Waals surface area contributed by atoms with Crippen LogP contribution in [-0.2, 0) is 25.5 Å². The number of fused-ring (bicyclic) bond motifs is 1. The third-order valence-electron chi connectivity index (χ3n) is 2.91. The first-order chi connectivity index (χ1) is 10.6. The average molecular weight is 304 g/mol. The molecule has 0 aliphatic heterocycles. The standard InChI is InChI=1S/C15H16N2O5/c1-3-21-14(19)11(18)9-12-16-13(15(20)22-4-2)10-7-5-6-8-17(10)12/h5-8H,3-4,9H2,1-2H3. The van der Waals surface area contributed by atoms with E-state index in [4.69, 9.17) is 4.74 Å². The molecule has 2 aromatic heterocycles. The lowest BCUT2D eigenvalue weighted by Gasteiger charge is -2.01. The van der Waals surface area contributed by atoms with Crippen molar-refractivity contribution in [3.8, 4) is 0 Å². The van der Waals surface area contributed by atoms with Gasteiger partial charge in [0.25, 0.3) is 0 Å². The van der Waals surface area contributed by atoms with Gasteiger partial charge in [0.15, 0.2) is 5.69 Å². The minimum atomic E-state index is -0.909. The van der Waals surface area contributed by atoms with E-state index in [0.717, 1.165) is 0 Å². The lowest BCUT2D eigenvalue weighted by Crippen LogP contribution is -2.20. The Morgan fingerprint density at radius 2 is 1.86 bits per heavy atom. The summed E-state index contributed by atoms with van der Waals surface area (Å²) in [6.45, 7) is 3.67. The van der Waals surface area contributed by atoms with Crippen LogP contribution in [0.2, 0.25) is 0 Å². The highest BCUT2D eigenvalue weighted by Crippen LogP contribution is 2.15. The SMILES string of the molecule is CCOC(=O)C(=O)Cc1nc(C(=O)OCC)c2ccccn12. The molecule has 0 aromatic carbocycles. The Hall–Kier alpha value is -2.70. The molecule has 0 N–H and O–H groups in total. The molecule has 0 unspecified atom stereocenters. The van der Waals surface area contributed by atoms with Crippen molar-refractivity contribution in [1.82, 2.24) is 9.38 Å². The van der Waals surface area contributed by atoms with Crippen LogP contribution < -0.4 is 0 Å². The molecular formula is C15H16N2O5. The Labute approximate surface area is 126 Å². The van der Waals surface area contributed by atoms with Crippen LogP contribution in [0.4, 0.5) is 0 Å². The van der Waals surface area contributed by atoms with Gasteiger partial charge >= 0.3 is 11.9 Å². The number of hydrogen-bond donors (Lipinski definition) is 0. The van der Waals surface area contributed by atoms with Crippen LogP contribution in [0.5, 0.6) is 0 Å². The van der Waals surface area contributed by atoms with Crippen molar-refractivity contribution in [2.45, 2.75) is 20.3 Å². The Morgan fingerprint density at radius 1 is 1.14 bits per heavy atom. The minimum absolute atomic E-state index is 0.120. The number of hydrogen-bond acceptors (Lipinski definition) is 6. The molecule has 0 spiro atoms. The van der Waals surface area contributed by atoms with Crippen molar-refractivity contribution in [2.24, 2.45) is 0 Å². The second-order valence-corrected chi connectivity index (χ2v) is 4.37. The molecule has 0 amide bonds. The van der Waals surface area contributed by atoms with Crippen molar-refractivity contribution in [3.63, 3.8) is 0 Å². The summed E-state index contributed by atoms with van der Waals surface area (Å²) >= 11 is 0. The summed E-state index contributed by atoms with van der Waals surface area (Å²) in [5.41, 5.74) is 0.640. The van der Waals surface area contributed by atoms with E-state index in [2.05, 4.69) is 9.72 Å². The number of ketones is 1. The number of carbonyl (C=O) groups is 3. The summed E-state index contributed by atoms with van der Waals surface area (Å²) in [7, 11) is 0. The second-order valence-electron chi connectivity index (χ2n) is 4.37. The molecule has 0 bridgehead atoms. The molecule has 0 aliphatic carbocycles. The average Bonchev–Trinajstić information content (AvgIpc) is 2.87. The molecule has 0 radical (unpaired) electrons. The molecule has 0 saturated carbocycles. The first-order valence-corrected chi connectivity index (χ1v) is 6.91. The summed E-state index contributed by atoms with van der Waals surface area (Å²) in [5, 5.41) is 0. The number of imidazole rings is 1. The van der Waals surface area contributed by atoms with E-state index in [1.54, 1.807) is 42.6 Å². The normalized spacial score (nSPS) is 10.5. The van der Waals surface area contributed by atoms with Crippen LogP contribution in [0, 0.1) is 0 Å². The molecule has 2 heterocycles. The van der Waals surface area contributed by atoms with Crippen LogP contribution in [0.1, 0.15) is 30.2 Å². The maximum atomic E-state index is 11.9. The van der Waals surface area contributed by atoms with Gasteiger partial charge in [-0.2, -0.15) is 0 Å². The van der Waals surface area contributed by atoms with E-state index < -0.39 is 17.7 Å². The molecular weight excluding hydrogens is 288 g/mol. The summed E-state index contributed by atoms with van der Waals surface area (Å²) in [4.78, 5) is 39.3. The van der Waals surface area contributed by atoms with Crippen LogP contribution in [0.25, 0.3) is 5.52 Å². The summed E-state index contributed by atoms with van der Waals surface area (Å²) in [6.07, 6.45) is 1.42. The third-order valence-corrected chi connectivity index (χ3v) is 2.91. The first-order valence-electron chi connectivity index (χ1n) is 6.91. The molecule has 2 aromatic rings. The zero-order valence-corrected chi connectivity index (χ0v) is 12.4. The summed E-state index contributed by atoms with van der Waals surface area (Å²) in [6, 6.07) is 5.18. The van der Waals surface area contributed by atoms with Gasteiger partial charge in [-0.15, -0.1) is 0 Å². The van der Waals surface area contributed by atoms with E-state index >= 15 is 0 Å². The first kappa shape index (κ1) is 15.7. The van der Waals surface area contributed by atoms with Gasteiger partial charge in [-0.25, -0.2) is 14.6 Å². The van der Waals surface area contributed by atoms with Crippen LogP contribution in [0.15, 0.2) is 24.4 Å². The van der Waals surface area contributed by atoms with Crippen LogP contribution in [-0.4, -0.2) is 40.3 Å². The summed E-state index contributed by atoms with van der Waals surface area (Å²) in [5.74, 6) is -1.90. The van der Waals surface area contributed by atoms with E-state index in [0.29, 0.717) is 5.52 Å². The van der Waals surface area contributed by atoms with Crippen LogP contribution >= 0.6 is 0 Å². The lowest BCUT2D eigenvalue weighted by molar-refractivity contribution is -0.153. The molecule has 2 rings (SSSR count). The van der Waals surface area contributed by atoms with Gasteiger partial charge in [-0.05, 0) is 26.0 Å². The zero-order valence-electron chi connectivity index (χ0n) is 12.4. The maximum absolute atomic E-state index is 11.9. The highest BCUT2D eigenvalue weighted by atomic mass is 16.5. The number of Topliss-reactive ketones (excluding diaryl/α,β-unsaturated/α-hetero) is 1. The Bertz CT molecular complexity index is 720. The van der Waals surface area contributed by atoms with Gasteiger partial charge in [0, 0.05) is 6.20 Å². The number of ether oxygens (including phenoxy) is 2. The van der Waals surface area contributed by atoms with Crippen molar-refractivity contribution >= 4 is 23.2 Å². The monoisotopic (exact) mass is 304 g/mol. The van der Waals surface area contributed by atoms with Crippen molar-refractivity contribution in [1.29, 1.82) is 0 Å². The molecule has 0 fully saturated rings. The number of aromatic nitrogens is 2. The fourth-order valence-corrected chi connectivity index (χ4v) is 2.00. The summed E-state index contributed by atoms with van der Waals surface area (Å²) < 4.78 is 11.2. The Kier molecular flexibility index (Phi) is 4.88. The number of rotatable bonds is 6. The zero-order chi connectivity index (χ0) is 16.1. The molecule has 7 heteroatoms. The smallest absolute Gasteiger partial charge is 0.375 e. The number of pyridine rings is 1. The molecule has 0 atom stereocenters. The van der Waals surface area contributed by atoms with Gasteiger partial charge in [-0.1, -0.05) is 6.07 Å². The number of carbonyl (C=O) groups excluding carboxylic acids is 3. The number of esters is 2. The Balaban J connectivity index is 2.36. The highest BCUT2D eigenvalue weighted by molar-refractivity contribution is 6.34. The van der Waals surface area contributed by atoms with Gasteiger partial charge < -0.3 is 13.9 Å². The number of nitrogens with zero attached hydrogens (tertiary/aromatic N) is 2. The van der Waals surface area contributed by atoms with Gasteiger partial charge in [0.05, 0.1) is 25.2 Å². The molecule has 0 saturated heterocycles. The minimum Gasteiger partial charge on any atom is -0.461 e. The van der Waals surface area contributed by atoms with E-state index in [1.165, 1.54) is 0 Å². The van der Waals surface area contributed by atoms with Gasteiger partial charge in [0.1, 0.15) is 5.82 Å². The third kappa shape index (κ3) is 3.13. The lowest BCUT2D eigenvalue weighted by atomic mass is 10.3. The highest BCUT2D eigenvalue weighted by Gasteiger charge is 2.22. The topological polar surface area (TPSA) is 87.0 Å². The molecule has 22 heavy (non-hydrogen) atoms. The predicted octanol–water partition coefficient (Wildman–Crippen LogP) is 1.19. The Morgan fingerprint density at radius 3 is 2.55 bits per heavy atom. The van der Waals surface area contributed by atoms with E-state index in [9.17, 15) is 14.4 Å². The fourth-order valence-electron chi connectivity index (χ4n) is 2.00. The van der Waals surface area contributed by atoms with Crippen molar-refractivity contribution < 1.29 is 23.9 Å². The predicted molar refractivity (Wildman–Crippen MR) is 76.5 cm³/mol. The van der Waals surface area contributed by atoms with Crippen LogP contribution in [0.3, 0.4) is 0 Å². The van der Waals surface area contributed by atoms with Crippen molar-refractivity contribution in [2.75, 3.05) is 13.2 Å².